The highest BCUT2D eigenvalue weighted by Gasteiger charge is 2.34. The summed E-state index contributed by atoms with van der Waals surface area (Å²) < 4.78 is -1.78. The Morgan fingerprint density at radius 2 is 2.05 bits per heavy atom. The third-order valence-corrected chi connectivity index (χ3v) is 3.45. The number of aromatic nitrogens is 1. The molecule has 3 N–H and O–H groups in total. The van der Waals surface area contributed by atoms with Crippen molar-refractivity contribution in [1.82, 2.24) is 15.6 Å². The Balaban J connectivity index is 2.66. The van der Waals surface area contributed by atoms with Crippen molar-refractivity contribution in [3.05, 3.63) is 23.4 Å². The van der Waals surface area contributed by atoms with Crippen LogP contribution in [-0.2, 0) is 4.79 Å². The van der Waals surface area contributed by atoms with E-state index in [9.17, 15) is 4.79 Å². The van der Waals surface area contributed by atoms with Crippen LogP contribution in [0.3, 0.4) is 0 Å². The zero-order valence-corrected chi connectivity index (χ0v) is 15.3. The second-order valence-corrected chi connectivity index (χ2v) is 7.47. The minimum atomic E-state index is -1.78. The Morgan fingerprint density at radius 3 is 2.55 bits per heavy atom. The lowest BCUT2D eigenvalue weighted by Gasteiger charge is -2.27. The minimum absolute atomic E-state index is 0.142. The van der Waals surface area contributed by atoms with E-state index in [-0.39, 0.29) is 11.0 Å². The summed E-state index contributed by atoms with van der Waals surface area (Å²) in [4.78, 5) is 15.7. The maximum absolute atomic E-state index is 11.7. The van der Waals surface area contributed by atoms with Gasteiger partial charge in [-0.25, -0.2) is 4.98 Å². The number of carbonyl (C=O) groups is 1. The highest BCUT2D eigenvalue weighted by Crippen LogP contribution is 2.29. The number of hydrogen-bond donors (Lipinski definition) is 3. The highest BCUT2D eigenvalue weighted by molar-refractivity contribution is 7.80. The van der Waals surface area contributed by atoms with Crippen molar-refractivity contribution in [1.29, 1.82) is 0 Å². The first-order chi connectivity index (χ1) is 10.2. The van der Waals surface area contributed by atoms with E-state index in [0.29, 0.717) is 23.7 Å². The lowest BCUT2D eigenvalue weighted by atomic mass is 10.3. The van der Waals surface area contributed by atoms with Crippen LogP contribution in [0, 0.1) is 0 Å². The summed E-state index contributed by atoms with van der Waals surface area (Å²) in [6.07, 6.45) is 1.47. The zero-order valence-electron chi connectivity index (χ0n) is 11.5. The number of nitrogens with zero attached hydrogens (tertiary/aromatic N) is 1. The van der Waals surface area contributed by atoms with Gasteiger partial charge in [0.25, 0.3) is 0 Å². The minimum Gasteiger partial charge on any atom is -0.339 e. The van der Waals surface area contributed by atoms with E-state index in [0.717, 1.165) is 0 Å². The molecule has 1 aromatic heterocycles. The van der Waals surface area contributed by atoms with E-state index in [2.05, 4.69) is 20.9 Å². The number of anilines is 1. The van der Waals surface area contributed by atoms with Crippen LogP contribution in [0.1, 0.15) is 19.8 Å². The molecule has 0 aliphatic heterocycles. The number of thiocarbonyl (C=S) groups is 1. The molecule has 0 radical (unpaired) electrons. The molecular formula is C12H14Cl4N4OS. The van der Waals surface area contributed by atoms with E-state index < -0.39 is 9.96 Å². The van der Waals surface area contributed by atoms with Crippen molar-refractivity contribution in [2.75, 3.05) is 5.32 Å². The molecule has 1 atom stereocenters. The summed E-state index contributed by atoms with van der Waals surface area (Å²) in [5, 5.41) is 8.74. The fourth-order valence-electron chi connectivity index (χ4n) is 1.39. The zero-order chi connectivity index (χ0) is 16.8. The maximum atomic E-state index is 11.7. The largest absolute Gasteiger partial charge is 0.339 e. The van der Waals surface area contributed by atoms with Gasteiger partial charge in [0, 0.05) is 12.6 Å². The number of halogens is 4. The quantitative estimate of drug-likeness (QED) is 0.398. The number of amides is 1. The molecule has 0 spiro atoms. The Morgan fingerprint density at radius 1 is 1.36 bits per heavy atom. The molecule has 0 aromatic carbocycles. The Labute approximate surface area is 154 Å². The van der Waals surface area contributed by atoms with Crippen LogP contribution in [0.15, 0.2) is 18.3 Å². The fourth-order valence-corrected chi connectivity index (χ4v) is 2.05. The predicted molar refractivity (Wildman–Crippen MR) is 95.7 cm³/mol. The van der Waals surface area contributed by atoms with Crippen LogP contribution in [0.5, 0.6) is 0 Å². The molecule has 0 saturated carbocycles. The van der Waals surface area contributed by atoms with Gasteiger partial charge in [0.1, 0.15) is 12.0 Å². The van der Waals surface area contributed by atoms with Gasteiger partial charge in [-0.15, -0.1) is 0 Å². The topological polar surface area (TPSA) is 66.1 Å². The van der Waals surface area contributed by atoms with Crippen molar-refractivity contribution in [2.45, 2.75) is 29.7 Å². The van der Waals surface area contributed by atoms with Crippen molar-refractivity contribution in [3.8, 4) is 0 Å². The van der Waals surface area contributed by atoms with Crippen molar-refractivity contribution >= 4 is 75.5 Å². The normalized spacial score (nSPS) is 12.4. The number of hydrogen-bond acceptors (Lipinski definition) is 3. The van der Waals surface area contributed by atoms with Crippen LogP contribution >= 0.6 is 58.6 Å². The molecule has 122 valence electrons. The molecule has 1 rings (SSSR count). The third kappa shape index (κ3) is 7.15. The van der Waals surface area contributed by atoms with Gasteiger partial charge in [-0.3, -0.25) is 4.79 Å². The first kappa shape index (κ1) is 19.5. The first-order valence-electron chi connectivity index (χ1n) is 6.27. The van der Waals surface area contributed by atoms with Crippen LogP contribution in [0.25, 0.3) is 0 Å². The second kappa shape index (κ2) is 8.93. The fraction of sp³-hybridized carbons (Fsp3) is 0.417. The van der Waals surface area contributed by atoms with Gasteiger partial charge in [0.05, 0.1) is 5.02 Å². The molecule has 10 heteroatoms. The summed E-state index contributed by atoms with van der Waals surface area (Å²) >= 11 is 28.4. The van der Waals surface area contributed by atoms with Crippen molar-refractivity contribution < 1.29 is 4.79 Å². The molecule has 5 nitrogen and oxygen atoms in total. The monoisotopic (exact) mass is 402 g/mol. The standard InChI is InChI=1S/C12H14Cl4N4OS/c1-2-3-9(21)19-10(12(14,15)16)20-11(22)18-8-5-4-7(13)6-17-8/h4-6,10H,2-3H2,1H3,(H,19,21)(H2,17,18,20,22). The molecule has 1 heterocycles. The molecule has 1 amide bonds. The van der Waals surface area contributed by atoms with Crippen molar-refractivity contribution in [2.24, 2.45) is 0 Å². The number of alkyl halides is 3. The molecular weight excluding hydrogens is 390 g/mol. The van der Waals surface area contributed by atoms with E-state index in [1.165, 1.54) is 6.20 Å². The van der Waals surface area contributed by atoms with Gasteiger partial charge in [-0.05, 0) is 30.8 Å². The molecule has 0 bridgehead atoms. The molecule has 0 aliphatic carbocycles. The summed E-state index contributed by atoms with van der Waals surface area (Å²) in [5.41, 5.74) is 0. The Bertz CT molecular complexity index is 521. The predicted octanol–water partition coefficient (Wildman–Crippen LogP) is 3.63. The van der Waals surface area contributed by atoms with Gasteiger partial charge in [0.2, 0.25) is 9.70 Å². The van der Waals surface area contributed by atoms with Gasteiger partial charge >= 0.3 is 0 Å². The molecule has 0 saturated heterocycles. The SMILES string of the molecule is CCCC(=O)NC(NC(=S)Nc1ccc(Cl)cn1)C(Cl)(Cl)Cl. The lowest BCUT2D eigenvalue weighted by Crippen LogP contribution is -2.56. The van der Waals surface area contributed by atoms with E-state index >= 15 is 0 Å². The number of rotatable bonds is 5. The Kier molecular flexibility index (Phi) is 7.93. The number of pyridine rings is 1. The molecule has 1 unspecified atom stereocenters. The highest BCUT2D eigenvalue weighted by atomic mass is 35.6. The molecule has 0 fully saturated rings. The van der Waals surface area contributed by atoms with Crippen LogP contribution in [0.4, 0.5) is 5.82 Å². The third-order valence-electron chi connectivity index (χ3n) is 2.35. The van der Waals surface area contributed by atoms with E-state index in [1.807, 2.05) is 6.92 Å². The van der Waals surface area contributed by atoms with Gasteiger partial charge in [0.15, 0.2) is 5.11 Å². The van der Waals surface area contributed by atoms with Crippen LogP contribution < -0.4 is 16.0 Å². The van der Waals surface area contributed by atoms with Crippen LogP contribution in [-0.4, -0.2) is 26.0 Å². The Hall–Kier alpha value is -0.530. The van der Waals surface area contributed by atoms with Gasteiger partial charge in [-0.2, -0.15) is 0 Å². The summed E-state index contributed by atoms with van der Waals surface area (Å²) in [6.45, 7) is 1.87. The molecule has 22 heavy (non-hydrogen) atoms. The maximum Gasteiger partial charge on any atom is 0.228 e. The summed E-state index contributed by atoms with van der Waals surface area (Å²) in [7, 11) is 0. The average Bonchev–Trinajstić information content (AvgIpc) is 2.40. The van der Waals surface area contributed by atoms with E-state index in [4.69, 9.17) is 58.6 Å². The lowest BCUT2D eigenvalue weighted by molar-refractivity contribution is -0.121. The second-order valence-electron chi connectivity index (χ2n) is 4.25. The van der Waals surface area contributed by atoms with Crippen molar-refractivity contribution in [3.63, 3.8) is 0 Å². The summed E-state index contributed by atoms with van der Waals surface area (Å²) in [5.74, 6) is 0.212. The summed E-state index contributed by atoms with van der Waals surface area (Å²) in [6, 6.07) is 3.28. The number of carbonyl (C=O) groups excluding carboxylic acids is 1. The molecule has 1 aromatic rings. The first-order valence-corrected chi connectivity index (χ1v) is 8.19. The van der Waals surface area contributed by atoms with Gasteiger partial charge in [-0.1, -0.05) is 53.3 Å². The molecule has 0 aliphatic rings. The van der Waals surface area contributed by atoms with Crippen LogP contribution in [0.2, 0.25) is 5.02 Å². The van der Waals surface area contributed by atoms with Gasteiger partial charge < -0.3 is 16.0 Å². The average molecular weight is 404 g/mol. The van der Waals surface area contributed by atoms with E-state index in [1.54, 1.807) is 12.1 Å². The smallest absolute Gasteiger partial charge is 0.228 e. The number of nitrogens with one attached hydrogen (secondary N) is 3.